The van der Waals surface area contributed by atoms with Crippen LogP contribution >= 0.6 is 0 Å². The molecule has 1 aromatic carbocycles. The maximum absolute atomic E-state index is 11.6. The summed E-state index contributed by atoms with van der Waals surface area (Å²) < 4.78 is 6.90. The van der Waals surface area contributed by atoms with Gasteiger partial charge in [-0.15, -0.1) is 0 Å². The number of benzene rings is 1. The summed E-state index contributed by atoms with van der Waals surface area (Å²) in [6.07, 6.45) is 3.69. The van der Waals surface area contributed by atoms with Crippen molar-refractivity contribution in [2.45, 2.75) is 13.5 Å². The molecule has 0 atom stereocenters. The molecule has 2 aromatic rings. The lowest BCUT2D eigenvalue weighted by Gasteiger charge is -2.04. The van der Waals surface area contributed by atoms with Crippen molar-refractivity contribution in [1.82, 2.24) is 9.78 Å². The number of carbonyl (C=O) groups excluding carboxylic acids is 1. The van der Waals surface area contributed by atoms with E-state index in [4.69, 9.17) is 4.74 Å². The molecule has 0 unspecified atom stereocenters. The second kappa shape index (κ2) is 5.30. The minimum atomic E-state index is -0.297. The summed E-state index contributed by atoms with van der Waals surface area (Å²) in [5, 5.41) is 4.11. The van der Waals surface area contributed by atoms with Crippen molar-refractivity contribution < 1.29 is 9.53 Å². The monoisotopic (exact) mass is 230 g/mol. The second-order valence-electron chi connectivity index (χ2n) is 3.78. The lowest BCUT2D eigenvalue weighted by Crippen LogP contribution is -2.11. The fourth-order valence-electron chi connectivity index (χ4n) is 1.48. The summed E-state index contributed by atoms with van der Waals surface area (Å²) in [5.41, 5.74) is 1.67. The number of ether oxygens (including phenoxy) is 1. The molecule has 0 N–H and O–H groups in total. The quantitative estimate of drug-likeness (QED) is 0.755. The van der Waals surface area contributed by atoms with Gasteiger partial charge in [-0.25, -0.2) is 4.79 Å². The maximum Gasteiger partial charge on any atom is 0.338 e. The van der Waals surface area contributed by atoms with Gasteiger partial charge >= 0.3 is 5.97 Å². The van der Waals surface area contributed by atoms with Gasteiger partial charge in [0, 0.05) is 6.20 Å². The van der Waals surface area contributed by atoms with Crippen molar-refractivity contribution in [3.05, 3.63) is 53.9 Å². The first-order valence-corrected chi connectivity index (χ1v) is 5.47. The number of nitrogens with zero attached hydrogens (tertiary/aromatic N) is 2. The van der Waals surface area contributed by atoms with Crippen molar-refractivity contribution in [3.63, 3.8) is 0 Å². The third-order valence-corrected chi connectivity index (χ3v) is 2.33. The Kier molecular flexibility index (Phi) is 3.55. The standard InChI is InChI=1S/C13H14N2O2/c1-11-9-14-15(10-11)7-8-17-13(16)12-5-3-2-4-6-12/h2-6,9-10H,7-8H2,1H3. The van der Waals surface area contributed by atoms with Gasteiger partial charge in [0.25, 0.3) is 0 Å². The zero-order valence-corrected chi connectivity index (χ0v) is 9.67. The molecule has 0 fully saturated rings. The van der Waals surface area contributed by atoms with Crippen molar-refractivity contribution in [1.29, 1.82) is 0 Å². The Labute approximate surface area is 99.8 Å². The van der Waals surface area contributed by atoms with Crippen LogP contribution in [0.15, 0.2) is 42.7 Å². The van der Waals surface area contributed by atoms with Gasteiger partial charge < -0.3 is 4.74 Å². The Morgan fingerprint density at radius 2 is 2.12 bits per heavy atom. The molecular formula is C13H14N2O2. The first-order chi connectivity index (χ1) is 8.25. The molecule has 1 heterocycles. The fourth-order valence-corrected chi connectivity index (χ4v) is 1.48. The van der Waals surface area contributed by atoms with Gasteiger partial charge in [-0.3, -0.25) is 4.68 Å². The molecular weight excluding hydrogens is 216 g/mol. The molecule has 4 nitrogen and oxygen atoms in total. The highest BCUT2D eigenvalue weighted by Crippen LogP contribution is 2.01. The number of rotatable bonds is 4. The molecule has 0 radical (unpaired) electrons. The van der Waals surface area contributed by atoms with E-state index >= 15 is 0 Å². The summed E-state index contributed by atoms with van der Waals surface area (Å²) in [7, 11) is 0. The molecule has 2 rings (SSSR count). The van der Waals surface area contributed by atoms with E-state index in [1.54, 1.807) is 23.0 Å². The van der Waals surface area contributed by atoms with Crippen LogP contribution in [-0.4, -0.2) is 22.4 Å². The first-order valence-electron chi connectivity index (χ1n) is 5.47. The third-order valence-electron chi connectivity index (χ3n) is 2.33. The highest BCUT2D eigenvalue weighted by atomic mass is 16.5. The molecule has 4 heteroatoms. The topological polar surface area (TPSA) is 44.1 Å². The van der Waals surface area contributed by atoms with Gasteiger partial charge in [-0.2, -0.15) is 5.10 Å². The summed E-state index contributed by atoms with van der Waals surface area (Å²) in [6.45, 7) is 2.88. The molecule has 88 valence electrons. The van der Waals surface area contributed by atoms with Crippen LogP contribution in [0.3, 0.4) is 0 Å². The molecule has 0 spiro atoms. The highest BCUT2D eigenvalue weighted by molar-refractivity contribution is 5.89. The number of carbonyl (C=O) groups is 1. The van der Waals surface area contributed by atoms with E-state index < -0.39 is 0 Å². The van der Waals surface area contributed by atoms with Crippen LogP contribution in [0, 0.1) is 6.92 Å². The van der Waals surface area contributed by atoms with Crippen LogP contribution < -0.4 is 0 Å². The minimum Gasteiger partial charge on any atom is -0.460 e. The van der Waals surface area contributed by atoms with Gasteiger partial charge in [0.2, 0.25) is 0 Å². The van der Waals surface area contributed by atoms with E-state index in [0.29, 0.717) is 18.7 Å². The number of hydrogen-bond acceptors (Lipinski definition) is 3. The van der Waals surface area contributed by atoms with Gasteiger partial charge in [0.05, 0.1) is 18.3 Å². The molecule has 0 bridgehead atoms. The third kappa shape index (κ3) is 3.17. The summed E-state index contributed by atoms with van der Waals surface area (Å²) >= 11 is 0. The lowest BCUT2D eigenvalue weighted by molar-refractivity contribution is 0.0487. The molecule has 0 saturated heterocycles. The smallest absolute Gasteiger partial charge is 0.338 e. The summed E-state index contributed by atoms with van der Waals surface area (Å²) in [4.78, 5) is 11.6. The maximum atomic E-state index is 11.6. The Hall–Kier alpha value is -2.10. The van der Waals surface area contributed by atoms with E-state index in [9.17, 15) is 4.79 Å². The predicted molar refractivity (Wildman–Crippen MR) is 63.7 cm³/mol. The van der Waals surface area contributed by atoms with Gasteiger partial charge in [0.15, 0.2) is 0 Å². The SMILES string of the molecule is Cc1cnn(CCOC(=O)c2ccccc2)c1. The van der Waals surface area contributed by atoms with E-state index in [1.165, 1.54) is 0 Å². The largest absolute Gasteiger partial charge is 0.460 e. The first kappa shape index (κ1) is 11.4. The fraction of sp³-hybridized carbons (Fsp3) is 0.231. The van der Waals surface area contributed by atoms with E-state index in [2.05, 4.69) is 5.10 Å². The van der Waals surface area contributed by atoms with Crippen LogP contribution in [0.4, 0.5) is 0 Å². The molecule has 0 aliphatic rings. The van der Waals surface area contributed by atoms with Crippen molar-refractivity contribution in [2.24, 2.45) is 0 Å². The molecule has 0 saturated carbocycles. The molecule has 17 heavy (non-hydrogen) atoms. The Balaban J connectivity index is 1.81. The lowest BCUT2D eigenvalue weighted by atomic mass is 10.2. The van der Waals surface area contributed by atoms with E-state index in [0.717, 1.165) is 5.56 Å². The van der Waals surface area contributed by atoms with Crippen LogP contribution in [0.5, 0.6) is 0 Å². The number of aryl methyl sites for hydroxylation is 1. The number of aromatic nitrogens is 2. The highest BCUT2D eigenvalue weighted by Gasteiger charge is 2.05. The average Bonchev–Trinajstić information content (AvgIpc) is 2.76. The number of esters is 1. The summed E-state index contributed by atoms with van der Waals surface area (Å²) in [6, 6.07) is 8.96. The van der Waals surface area contributed by atoms with Crippen LogP contribution in [0.1, 0.15) is 15.9 Å². The number of hydrogen-bond donors (Lipinski definition) is 0. The van der Waals surface area contributed by atoms with Crippen LogP contribution in [0.2, 0.25) is 0 Å². The normalized spacial score (nSPS) is 10.2. The minimum absolute atomic E-state index is 0.297. The molecule has 0 amide bonds. The Morgan fingerprint density at radius 1 is 1.35 bits per heavy atom. The van der Waals surface area contributed by atoms with Gasteiger partial charge in [-0.1, -0.05) is 18.2 Å². The Morgan fingerprint density at radius 3 is 2.76 bits per heavy atom. The zero-order chi connectivity index (χ0) is 12.1. The van der Waals surface area contributed by atoms with Gasteiger partial charge in [-0.05, 0) is 24.6 Å². The summed E-state index contributed by atoms with van der Waals surface area (Å²) in [5.74, 6) is -0.297. The van der Waals surface area contributed by atoms with Crippen molar-refractivity contribution in [2.75, 3.05) is 6.61 Å². The molecule has 0 aliphatic heterocycles. The molecule has 0 aliphatic carbocycles. The molecule has 1 aromatic heterocycles. The van der Waals surface area contributed by atoms with E-state index in [1.807, 2.05) is 31.3 Å². The zero-order valence-electron chi connectivity index (χ0n) is 9.67. The van der Waals surface area contributed by atoms with Crippen molar-refractivity contribution >= 4 is 5.97 Å². The predicted octanol–water partition coefficient (Wildman–Crippen LogP) is 2.05. The van der Waals surface area contributed by atoms with Crippen LogP contribution in [-0.2, 0) is 11.3 Å². The van der Waals surface area contributed by atoms with E-state index in [-0.39, 0.29) is 5.97 Å². The van der Waals surface area contributed by atoms with Crippen LogP contribution in [0.25, 0.3) is 0 Å². The second-order valence-corrected chi connectivity index (χ2v) is 3.78. The van der Waals surface area contributed by atoms with Gasteiger partial charge in [0.1, 0.15) is 6.61 Å². The average molecular weight is 230 g/mol. The van der Waals surface area contributed by atoms with Crippen molar-refractivity contribution in [3.8, 4) is 0 Å². The Bertz CT molecular complexity index is 491.